The molecule has 7 nitrogen and oxygen atoms in total. The number of hydrogen-bond acceptors (Lipinski definition) is 4. The second kappa shape index (κ2) is 10.3. The van der Waals surface area contributed by atoms with Crippen molar-refractivity contribution in [3.8, 4) is 5.75 Å². The molecule has 0 atom stereocenters. The fourth-order valence-corrected chi connectivity index (χ4v) is 3.76. The number of imidazole rings is 1. The zero-order chi connectivity index (χ0) is 24.9. The normalized spacial score (nSPS) is 10.7. The molecule has 8 heteroatoms. The van der Waals surface area contributed by atoms with Crippen LogP contribution in [-0.4, -0.2) is 21.2 Å². The van der Waals surface area contributed by atoms with E-state index in [0.717, 1.165) is 11.3 Å². The molecule has 2 N–H and O–H groups in total. The first-order valence-electron chi connectivity index (χ1n) is 11.2. The minimum atomic E-state index is -0.332. The zero-order valence-electron chi connectivity index (χ0n) is 19.0. The summed E-state index contributed by atoms with van der Waals surface area (Å²) < 4.78 is 7.80. The summed E-state index contributed by atoms with van der Waals surface area (Å²) in [6, 6.07) is 26.2. The van der Waals surface area contributed by atoms with Crippen LogP contribution in [0, 0.1) is 0 Å². The molecule has 0 saturated carbocycles. The van der Waals surface area contributed by atoms with Crippen molar-refractivity contribution in [1.82, 2.24) is 9.38 Å². The summed E-state index contributed by atoms with van der Waals surface area (Å²) in [7, 11) is 0. The molecule has 0 aliphatic carbocycles. The summed E-state index contributed by atoms with van der Waals surface area (Å²) in [5.74, 6) is -0.0962. The van der Waals surface area contributed by atoms with Crippen molar-refractivity contribution in [3.05, 3.63) is 125 Å². The van der Waals surface area contributed by atoms with Gasteiger partial charge in [0, 0.05) is 28.5 Å². The summed E-state index contributed by atoms with van der Waals surface area (Å²) in [6.45, 7) is 0.270. The van der Waals surface area contributed by atoms with E-state index in [9.17, 15) is 9.59 Å². The number of carbonyl (C=O) groups is 2. The number of ether oxygens (including phenoxy) is 1. The van der Waals surface area contributed by atoms with E-state index in [0.29, 0.717) is 33.3 Å². The number of benzene rings is 3. The van der Waals surface area contributed by atoms with Crippen LogP contribution in [0.25, 0.3) is 5.65 Å². The Morgan fingerprint density at radius 3 is 2.22 bits per heavy atom. The third-order valence-corrected chi connectivity index (χ3v) is 5.68. The Kier molecular flexibility index (Phi) is 6.64. The van der Waals surface area contributed by atoms with Crippen molar-refractivity contribution in [1.29, 1.82) is 0 Å². The summed E-state index contributed by atoms with van der Waals surface area (Å²) in [6.07, 6.45) is 3.83. The lowest BCUT2D eigenvalue weighted by atomic mass is 10.1. The third-order valence-electron chi connectivity index (χ3n) is 5.43. The maximum atomic E-state index is 13.0. The van der Waals surface area contributed by atoms with Crippen LogP contribution >= 0.6 is 11.6 Å². The maximum Gasteiger partial charge on any atom is 0.255 e. The number of amides is 2. The fraction of sp³-hybridized carbons (Fsp3) is 0.0357. The number of para-hydroxylation sites is 2. The Hall–Kier alpha value is -4.62. The van der Waals surface area contributed by atoms with Crippen LogP contribution in [-0.2, 0) is 6.61 Å². The molecule has 0 fully saturated rings. The molecule has 0 saturated heterocycles. The van der Waals surface area contributed by atoms with Crippen molar-refractivity contribution >= 4 is 40.4 Å². The molecular formula is C28H21ClN4O3. The van der Waals surface area contributed by atoms with Gasteiger partial charge >= 0.3 is 0 Å². The molecule has 2 aromatic heterocycles. The van der Waals surface area contributed by atoms with Gasteiger partial charge in [-0.25, -0.2) is 4.98 Å². The maximum absolute atomic E-state index is 13.0. The van der Waals surface area contributed by atoms with Crippen LogP contribution in [0.1, 0.15) is 26.4 Å². The molecule has 5 aromatic rings. The van der Waals surface area contributed by atoms with Gasteiger partial charge in [0.05, 0.1) is 17.1 Å². The topological polar surface area (TPSA) is 84.7 Å². The minimum Gasteiger partial charge on any atom is -0.487 e. The highest BCUT2D eigenvalue weighted by Crippen LogP contribution is 2.24. The Morgan fingerprint density at radius 2 is 1.50 bits per heavy atom. The SMILES string of the molecule is O=C(Nc1ccccc1NC(=O)c1cccc(OCc2cn3ccccc3n2)c1)c1ccc(Cl)cc1. The number of halogens is 1. The van der Waals surface area contributed by atoms with Crippen LogP contribution in [0.2, 0.25) is 5.02 Å². The predicted molar refractivity (Wildman–Crippen MR) is 140 cm³/mol. The van der Waals surface area contributed by atoms with E-state index in [4.69, 9.17) is 16.3 Å². The van der Waals surface area contributed by atoms with E-state index in [1.165, 1.54) is 0 Å². The zero-order valence-corrected chi connectivity index (χ0v) is 19.8. The van der Waals surface area contributed by atoms with Gasteiger partial charge in [-0.15, -0.1) is 0 Å². The third kappa shape index (κ3) is 5.37. The molecule has 3 aromatic carbocycles. The molecule has 0 aliphatic heterocycles. The number of rotatable bonds is 7. The lowest BCUT2D eigenvalue weighted by molar-refractivity contribution is 0.101. The molecule has 36 heavy (non-hydrogen) atoms. The highest BCUT2D eigenvalue weighted by Gasteiger charge is 2.13. The van der Waals surface area contributed by atoms with Gasteiger partial charge < -0.3 is 19.8 Å². The van der Waals surface area contributed by atoms with Gasteiger partial charge in [-0.2, -0.15) is 0 Å². The monoisotopic (exact) mass is 496 g/mol. The van der Waals surface area contributed by atoms with Gasteiger partial charge in [-0.3, -0.25) is 9.59 Å². The molecule has 2 heterocycles. The van der Waals surface area contributed by atoms with E-state index in [2.05, 4.69) is 15.6 Å². The molecule has 0 radical (unpaired) electrons. The van der Waals surface area contributed by atoms with Crippen LogP contribution in [0.15, 0.2) is 103 Å². The average Bonchev–Trinajstić information content (AvgIpc) is 3.32. The van der Waals surface area contributed by atoms with Crippen molar-refractivity contribution in [2.45, 2.75) is 6.61 Å². The van der Waals surface area contributed by atoms with Gasteiger partial charge in [0.2, 0.25) is 0 Å². The summed E-state index contributed by atoms with van der Waals surface area (Å²) in [5.41, 5.74) is 3.44. The van der Waals surface area contributed by atoms with Crippen LogP contribution < -0.4 is 15.4 Å². The summed E-state index contributed by atoms with van der Waals surface area (Å²) >= 11 is 5.90. The van der Waals surface area contributed by atoms with Gasteiger partial charge in [-0.1, -0.05) is 35.9 Å². The highest BCUT2D eigenvalue weighted by molar-refractivity contribution is 6.30. The molecule has 5 rings (SSSR count). The van der Waals surface area contributed by atoms with Gasteiger partial charge in [0.15, 0.2) is 0 Å². The van der Waals surface area contributed by atoms with Crippen LogP contribution in [0.5, 0.6) is 5.75 Å². The molecule has 0 bridgehead atoms. The van der Waals surface area contributed by atoms with Crippen molar-refractivity contribution in [2.75, 3.05) is 10.6 Å². The number of nitrogens with one attached hydrogen (secondary N) is 2. The van der Waals surface area contributed by atoms with Crippen LogP contribution in [0.4, 0.5) is 11.4 Å². The molecular weight excluding hydrogens is 476 g/mol. The summed E-state index contributed by atoms with van der Waals surface area (Å²) in [5, 5.41) is 6.24. The first-order valence-corrected chi connectivity index (χ1v) is 11.6. The lowest BCUT2D eigenvalue weighted by Gasteiger charge is -2.13. The quantitative estimate of drug-likeness (QED) is 0.286. The second-order valence-electron chi connectivity index (χ2n) is 7.98. The van der Waals surface area contributed by atoms with E-state index in [-0.39, 0.29) is 18.4 Å². The standard InChI is InChI=1S/C28H21ClN4O3/c29-21-13-11-19(12-14-21)27(34)31-24-8-1-2-9-25(24)32-28(35)20-6-5-7-23(16-20)36-18-22-17-33-15-4-3-10-26(33)30-22/h1-17H,18H2,(H,31,34)(H,32,35). The largest absolute Gasteiger partial charge is 0.487 e. The van der Waals surface area contributed by atoms with Gasteiger partial charge in [-0.05, 0) is 66.7 Å². The smallest absolute Gasteiger partial charge is 0.255 e. The Bertz CT molecular complexity index is 1510. The number of anilines is 2. The van der Waals surface area contributed by atoms with Crippen molar-refractivity contribution in [3.63, 3.8) is 0 Å². The van der Waals surface area contributed by atoms with E-state index >= 15 is 0 Å². The fourth-order valence-electron chi connectivity index (χ4n) is 3.63. The number of fused-ring (bicyclic) bond motifs is 1. The first-order chi connectivity index (χ1) is 17.5. The Morgan fingerprint density at radius 1 is 0.806 bits per heavy atom. The summed E-state index contributed by atoms with van der Waals surface area (Å²) in [4.78, 5) is 30.1. The number of pyridine rings is 1. The highest BCUT2D eigenvalue weighted by atomic mass is 35.5. The van der Waals surface area contributed by atoms with E-state index in [1.54, 1.807) is 72.8 Å². The number of hydrogen-bond donors (Lipinski definition) is 2. The Balaban J connectivity index is 1.26. The Labute approximate surface area is 212 Å². The molecule has 0 aliphatic rings. The van der Waals surface area contributed by atoms with E-state index < -0.39 is 0 Å². The number of aromatic nitrogens is 2. The van der Waals surface area contributed by atoms with Crippen LogP contribution in [0.3, 0.4) is 0 Å². The van der Waals surface area contributed by atoms with Gasteiger partial charge in [0.1, 0.15) is 18.0 Å². The minimum absolute atomic E-state index is 0.270. The predicted octanol–water partition coefficient (Wildman–Crippen LogP) is 6.07. The van der Waals surface area contributed by atoms with Crippen molar-refractivity contribution in [2.24, 2.45) is 0 Å². The number of carbonyl (C=O) groups excluding carboxylic acids is 2. The molecule has 2 amide bonds. The first kappa shape index (κ1) is 23.1. The lowest BCUT2D eigenvalue weighted by Crippen LogP contribution is -2.16. The van der Waals surface area contributed by atoms with E-state index in [1.807, 2.05) is 35.0 Å². The second-order valence-corrected chi connectivity index (χ2v) is 8.41. The average molecular weight is 497 g/mol. The molecule has 0 spiro atoms. The van der Waals surface area contributed by atoms with Gasteiger partial charge in [0.25, 0.3) is 11.8 Å². The number of nitrogens with zero attached hydrogens (tertiary/aromatic N) is 2. The van der Waals surface area contributed by atoms with Crippen molar-refractivity contribution < 1.29 is 14.3 Å². The molecule has 0 unspecified atom stereocenters. The molecule has 178 valence electrons.